The quantitative estimate of drug-likeness (QED) is 0.115. The van der Waals surface area contributed by atoms with Crippen molar-refractivity contribution >= 4 is 165 Å². The highest BCUT2D eigenvalue weighted by atomic mass is 16.3. The van der Waals surface area contributed by atoms with Crippen LogP contribution in [0.1, 0.15) is 25.0 Å². The van der Waals surface area contributed by atoms with Gasteiger partial charge in [0.1, 0.15) is 22.3 Å². The second-order valence-electron chi connectivity index (χ2n) is 35.1. The molecule has 616 valence electrons. The molecule has 6 aromatic heterocycles. The molecular formula is C123H82N6O2. The van der Waals surface area contributed by atoms with E-state index in [0.29, 0.717) is 0 Å². The van der Waals surface area contributed by atoms with Gasteiger partial charge >= 0.3 is 0 Å². The molecule has 8 nitrogen and oxygen atoms in total. The monoisotopic (exact) mass is 1670 g/mol. The highest BCUT2D eigenvalue weighted by Crippen LogP contribution is 2.53. The third-order valence-corrected chi connectivity index (χ3v) is 27.4. The molecule has 0 N–H and O–H groups in total. The Morgan fingerprint density at radius 1 is 0.176 bits per heavy atom. The van der Waals surface area contributed by atoms with Gasteiger partial charge in [-0.05, 0) is 262 Å². The number of fused-ring (bicyclic) bond motifs is 21. The maximum atomic E-state index is 6.33. The zero-order valence-electron chi connectivity index (χ0n) is 71.9. The highest BCUT2D eigenvalue weighted by molar-refractivity contribution is 6.15. The van der Waals surface area contributed by atoms with Crippen LogP contribution >= 0.6 is 0 Å². The van der Waals surface area contributed by atoms with Crippen LogP contribution in [0.2, 0.25) is 0 Å². The maximum absolute atomic E-state index is 6.33. The first-order chi connectivity index (χ1) is 64.7. The molecule has 0 amide bonds. The van der Waals surface area contributed by atoms with Crippen LogP contribution in [0.4, 0.5) is 34.1 Å². The number of para-hydroxylation sites is 10. The lowest BCUT2D eigenvalue weighted by atomic mass is 9.82. The summed E-state index contributed by atoms with van der Waals surface area (Å²) in [6.45, 7) is 4.77. The summed E-state index contributed by atoms with van der Waals surface area (Å²) in [6, 6.07) is 167. The van der Waals surface area contributed by atoms with Crippen molar-refractivity contribution in [2.45, 2.75) is 19.3 Å². The minimum Gasteiger partial charge on any atom is -0.456 e. The molecule has 1 aliphatic rings. The Morgan fingerprint density at radius 3 is 0.847 bits per heavy atom. The van der Waals surface area contributed by atoms with Crippen LogP contribution in [0.5, 0.6) is 0 Å². The minimum atomic E-state index is -0.252. The first-order valence-corrected chi connectivity index (χ1v) is 45.0. The number of hydrogen-bond acceptors (Lipinski definition) is 4. The fourth-order valence-electron chi connectivity index (χ4n) is 21.2. The van der Waals surface area contributed by atoms with E-state index in [1.807, 2.05) is 18.2 Å². The largest absolute Gasteiger partial charge is 0.456 e. The second kappa shape index (κ2) is 30.0. The van der Waals surface area contributed by atoms with Gasteiger partial charge in [-0.3, -0.25) is 0 Å². The van der Waals surface area contributed by atoms with E-state index in [9.17, 15) is 0 Å². The average Bonchev–Trinajstić information content (AvgIpc) is 1.57. The Labute approximate surface area is 755 Å². The molecule has 1 aliphatic carbocycles. The topological polar surface area (TPSA) is 52.5 Å². The van der Waals surface area contributed by atoms with Gasteiger partial charge in [-0.1, -0.05) is 269 Å². The predicted molar refractivity (Wildman–Crippen MR) is 548 cm³/mol. The lowest BCUT2D eigenvalue weighted by molar-refractivity contribution is 0.660. The predicted octanol–water partition coefficient (Wildman–Crippen LogP) is 33.8. The summed E-state index contributed by atoms with van der Waals surface area (Å²) in [5.74, 6) is 0. The molecule has 131 heavy (non-hydrogen) atoms. The van der Waals surface area contributed by atoms with Crippen molar-refractivity contribution in [3.63, 3.8) is 0 Å². The molecule has 0 bridgehead atoms. The van der Waals surface area contributed by atoms with Crippen LogP contribution < -0.4 is 9.80 Å². The third-order valence-electron chi connectivity index (χ3n) is 27.4. The van der Waals surface area contributed by atoms with E-state index < -0.39 is 0 Å². The van der Waals surface area contributed by atoms with Gasteiger partial charge in [0.25, 0.3) is 0 Å². The average molecular weight is 1680 g/mol. The van der Waals surface area contributed by atoms with Crippen LogP contribution in [0.25, 0.3) is 198 Å². The first-order valence-electron chi connectivity index (χ1n) is 45.0. The Hall–Kier alpha value is -17.2. The van der Waals surface area contributed by atoms with Crippen molar-refractivity contribution in [1.29, 1.82) is 0 Å². The van der Waals surface area contributed by atoms with Gasteiger partial charge in [0.15, 0.2) is 0 Å². The smallest absolute Gasteiger partial charge is 0.135 e. The standard InChI is InChI=1S/C63H43N3O.C60H39N3O/c1-63(2)55-38-45(29-32-47(55)48-33-30-46(39-56(48)63)66-57-20-10-6-16-49(57)50-17-7-11-21-58(50)66)64(44-31-35-62-54(37-44)52-19-9-13-23-61(52)67-62)43-27-24-40(25-28-43)41-26-34-60-53(36-41)51-18-8-12-22-59(51)65(60)42-14-4-3-5-15-42;1-2-12-44(13-3-1)62-57-20-10-6-16-51(57)53-38-43(28-36-58(53)62)42-24-22-40(23-25-42)41-26-29-45(30-27-41)61(48-35-37-60-54(39-48)52-17-7-11-21-59(52)64-60)46-31-33-47(34-32-46)63-55-18-8-4-14-49(55)50-15-5-9-19-56(50)63/h3-39H,1-2H3;1-39H. The van der Waals surface area contributed by atoms with Crippen LogP contribution in [0.3, 0.4) is 0 Å². The molecule has 0 unspecified atom stereocenters. The molecule has 6 heterocycles. The van der Waals surface area contributed by atoms with Crippen LogP contribution in [0, 0.1) is 0 Å². The third kappa shape index (κ3) is 12.2. The molecular weight excluding hydrogens is 1590 g/mol. The number of hydrogen-bond donors (Lipinski definition) is 0. The molecule has 0 aliphatic heterocycles. The van der Waals surface area contributed by atoms with Gasteiger partial charge in [0.05, 0.1) is 44.1 Å². The number of rotatable bonds is 13. The zero-order valence-corrected chi connectivity index (χ0v) is 71.9. The van der Waals surface area contributed by atoms with E-state index in [2.05, 4.69) is 485 Å². The SMILES string of the molecule is CC1(C)c2cc(N(c3ccc(-c4ccc5c(c4)c4ccccc4n5-c4ccccc4)cc3)c3ccc4oc5ccccc5c4c3)ccc2-c2ccc(-n3c4ccccc4c4ccccc43)cc21.c1ccc(-n2c3ccccc3c3cc(-c4ccc(-c5ccc(N(c6ccc(-n7c8ccccc8c8ccccc87)cc6)c6ccc7oc8ccccc8c7c6)cc5)cc4)ccc32)cc1. The lowest BCUT2D eigenvalue weighted by Gasteiger charge is -2.28. The van der Waals surface area contributed by atoms with Gasteiger partial charge in [0, 0.05) is 127 Å². The molecule has 20 aromatic carbocycles. The summed E-state index contributed by atoms with van der Waals surface area (Å²) in [4.78, 5) is 4.75. The second-order valence-corrected chi connectivity index (χ2v) is 35.1. The molecule has 0 radical (unpaired) electrons. The summed E-state index contributed by atoms with van der Waals surface area (Å²) < 4.78 is 22.1. The molecule has 26 aromatic rings. The summed E-state index contributed by atoms with van der Waals surface area (Å²) in [7, 11) is 0. The molecule has 0 saturated heterocycles. The minimum absolute atomic E-state index is 0.252. The molecule has 0 saturated carbocycles. The van der Waals surface area contributed by atoms with Crippen molar-refractivity contribution in [2.75, 3.05) is 9.80 Å². The van der Waals surface area contributed by atoms with Gasteiger partial charge in [-0.15, -0.1) is 0 Å². The lowest BCUT2D eigenvalue weighted by Crippen LogP contribution is -2.17. The summed E-state index contributed by atoms with van der Waals surface area (Å²) in [6.07, 6.45) is 0. The Bertz CT molecular complexity index is 8950. The number of benzene rings is 20. The normalized spacial score (nSPS) is 12.4. The Kier molecular flexibility index (Phi) is 17.2. The Balaban J connectivity index is 0.000000138. The maximum Gasteiger partial charge on any atom is 0.135 e. The van der Waals surface area contributed by atoms with E-state index >= 15 is 0 Å². The number of aromatic nitrogens is 4. The van der Waals surface area contributed by atoms with Gasteiger partial charge in [-0.25, -0.2) is 0 Å². The van der Waals surface area contributed by atoms with Crippen molar-refractivity contribution in [3.05, 3.63) is 472 Å². The number of furan rings is 2. The molecule has 0 fully saturated rings. The van der Waals surface area contributed by atoms with E-state index in [4.69, 9.17) is 8.83 Å². The van der Waals surface area contributed by atoms with E-state index in [0.717, 1.165) is 94.9 Å². The molecule has 0 spiro atoms. The van der Waals surface area contributed by atoms with Crippen LogP contribution in [-0.2, 0) is 5.41 Å². The molecule has 0 atom stereocenters. The van der Waals surface area contributed by atoms with E-state index in [1.54, 1.807) is 0 Å². The summed E-state index contributed by atoms with van der Waals surface area (Å²) in [5, 5.41) is 14.5. The Morgan fingerprint density at radius 2 is 0.435 bits per heavy atom. The van der Waals surface area contributed by atoms with E-state index in [1.165, 1.54) is 149 Å². The molecule has 8 heteroatoms. The highest BCUT2D eigenvalue weighted by Gasteiger charge is 2.37. The fourth-order valence-corrected chi connectivity index (χ4v) is 21.2. The van der Waals surface area contributed by atoms with Gasteiger partial charge in [0.2, 0.25) is 0 Å². The fraction of sp³-hybridized carbons (Fsp3) is 0.0244. The van der Waals surface area contributed by atoms with Gasteiger partial charge in [-0.2, -0.15) is 0 Å². The summed E-state index contributed by atoms with van der Waals surface area (Å²) in [5.41, 5.74) is 36.4. The van der Waals surface area contributed by atoms with Crippen molar-refractivity contribution < 1.29 is 8.83 Å². The summed E-state index contributed by atoms with van der Waals surface area (Å²) >= 11 is 0. The molecule has 27 rings (SSSR count). The van der Waals surface area contributed by atoms with E-state index in [-0.39, 0.29) is 5.41 Å². The van der Waals surface area contributed by atoms with Crippen LogP contribution in [-0.4, -0.2) is 18.3 Å². The van der Waals surface area contributed by atoms with Crippen molar-refractivity contribution in [2.24, 2.45) is 0 Å². The van der Waals surface area contributed by atoms with Crippen molar-refractivity contribution in [1.82, 2.24) is 18.3 Å². The van der Waals surface area contributed by atoms with Crippen molar-refractivity contribution in [3.8, 4) is 67.3 Å². The van der Waals surface area contributed by atoms with Gasteiger partial charge < -0.3 is 36.9 Å². The first kappa shape index (κ1) is 75.2. The number of nitrogens with zero attached hydrogens (tertiary/aromatic N) is 6. The van der Waals surface area contributed by atoms with Crippen LogP contribution in [0.15, 0.2) is 470 Å². The number of anilines is 6. The zero-order chi connectivity index (χ0) is 86.5.